The van der Waals surface area contributed by atoms with Crippen LogP contribution >= 0.6 is 0 Å². The molecule has 2 bridgehead atoms. The minimum atomic E-state index is 0.522. The van der Waals surface area contributed by atoms with Crippen LogP contribution in [0.4, 0.5) is 0 Å². The predicted molar refractivity (Wildman–Crippen MR) is 35.1 cm³/mol. The van der Waals surface area contributed by atoms with Crippen LogP contribution in [0.25, 0.3) is 0 Å². The van der Waals surface area contributed by atoms with Gasteiger partial charge in [-0.3, -0.25) is 4.79 Å². The first-order chi connectivity index (χ1) is 4.34. The molecule has 2 aliphatic rings. The summed E-state index contributed by atoms with van der Waals surface area (Å²) in [5.74, 6) is 2.10. The molecule has 2 aliphatic carbocycles. The van der Waals surface area contributed by atoms with Crippen molar-refractivity contribution in [3.63, 3.8) is 0 Å². The van der Waals surface area contributed by atoms with Crippen molar-refractivity contribution in [3.05, 3.63) is 0 Å². The molecule has 0 aromatic heterocycles. The van der Waals surface area contributed by atoms with Gasteiger partial charge in [-0.1, -0.05) is 0 Å². The van der Waals surface area contributed by atoms with E-state index in [-0.39, 0.29) is 0 Å². The summed E-state index contributed by atoms with van der Waals surface area (Å²) in [5, 5.41) is 0. The smallest absolute Gasteiger partial charge is 0.133 e. The van der Waals surface area contributed by atoms with Crippen LogP contribution in [0, 0.1) is 11.8 Å². The Morgan fingerprint density at radius 1 is 1.11 bits per heavy atom. The van der Waals surface area contributed by atoms with Crippen LogP contribution in [0.3, 0.4) is 0 Å². The average Bonchev–Trinajstić information content (AvgIpc) is 2.11. The molecule has 50 valence electrons. The van der Waals surface area contributed by atoms with Gasteiger partial charge < -0.3 is 0 Å². The molecule has 0 heterocycles. The zero-order valence-electron chi connectivity index (χ0n) is 5.60. The molecule has 0 aromatic rings. The normalized spacial score (nSPS) is 41.6. The van der Waals surface area contributed by atoms with Crippen molar-refractivity contribution in [2.45, 2.75) is 32.1 Å². The molecular formula is C8H12O. The molecule has 2 rings (SSSR count). The highest BCUT2D eigenvalue weighted by Gasteiger charge is 2.32. The summed E-state index contributed by atoms with van der Waals surface area (Å²) in [4.78, 5) is 10.9. The molecule has 0 aliphatic heterocycles. The molecule has 0 radical (unpaired) electrons. The molecule has 0 saturated heterocycles. The van der Waals surface area contributed by atoms with E-state index >= 15 is 0 Å². The van der Waals surface area contributed by atoms with Gasteiger partial charge in [0.05, 0.1) is 0 Å². The summed E-state index contributed by atoms with van der Waals surface area (Å²) >= 11 is 0. The molecule has 1 nitrogen and oxygen atoms in total. The van der Waals surface area contributed by atoms with E-state index in [0.717, 1.165) is 24.7 Å². The fraction of sp³-hybridized carbons (Fsp3) is 0.875. The molecule has 1 heteroatoms. The Labute approximate surface area is 55.4 Å². The topological polar surface area (TPSA) is 17.1 Å². The lowest BCUT2D eigenvalue weighted by Gasteiger charge is -2.15. The van der Waals surface area contributed by atoms with E-state index in [0.29, 0.717) is 5.78 Å². The summed E-state index contributed by atoms with van der Waals surface area (Å²) in [6.45, 7) is 0. The van der Waals surface area contributed by atoms with Gasteiger partial charge in [0.25, 0.3) is 0 Å². The van der Waals surface area contributed by atoms with Crippen molar-refractivity contribution in [2.24, 2.45) is 11.8 Å². The third-order valence-electron chi connectivity index (χ3n) is 2.68. The van der Waals surface area contributed by atoms with Gasteiger partial charge in [0.1, 0.15) is 5.78 Å². The predicted octanol–water partition coefficient (Wildman–Crippen LogP) is 1.77. The summed E-state index contributed by atoms with van der Waals surface area (Å²) in [6, 6.07) is 0. The Morgan fingerprint density at radius 2 is 1.67 bits per heavy atom. The highest BCUT2D eigenvalue weighted by molar-refractivity contribution is 5.79. The van der Waals surface area contributed by atoms with Crippen molar-refractivity contribution < 1.29 is 4.79 Å². The summed E-state index contributed by atoms with van der Waals surface area (Å²) in [6.07, 6.45) is 5.81. The van der Waals surface area contributed by atoms with Crippen LogP contribution in [0.2, 0.25) is 0 Å². The van der Waals surface area contributed by atoms with E-state index in [1.165, 1.54) is 19.3 Å². The van der Waals surface area contributed by atoms with Gasteiger partial charge in [0.2, 0.25) is 0 Å². The van der Waals surface area contributed by atoms with Gasteiger partial charge in [-0.05, 0) is 31.1 Å². The largest absolute Gasteiger partial charge is 0.300 e. The maximum Gasteiger partial charge on any atom is 0.133 e. The van der Waals surface area contributed by atoms with Crippen molar-refractivity contribution in [1.29, 1.82) is 0 Å². The third kappa shape index (κ3) is 0.887. The van der Waals surface area contributed by atoms with E-state index in [9.17, 15) is 4.79 Å². The van der Waals surface area contributed by atoms with Crippen LogP contribution in [0.5, 0.6) is 0 Å². The lowest BCUT2D eigenvalue weighted by Crippen LogP contribution is -2.14. The Bertz CT molecular complexity index is 126. The lowest BCUT2D eigenvalue weighted by molar-refractivity contribution is -0.121. The van der Waals surface area contributed by atoms with Gasteiger partial charge in [-0.2, -0.15) is 0 Å². The second kappa shape index (κ2) is 1.83. The SMILES string of the molecule is O=C1C[C@@H]2CC[C@@H](C1)C2. The first-order valence-electron chi connectivity index (χ1n) is 3.86. The minimum Gasteiger partial charge on any atom is -0.300 e. The lowest BCUT2D eigenvalue weighted by atomic mass is 9.88. The molecule has 0 aromatic carbocycles. The maximum absolute atomic E-state index is 10.9. The second-order valence-electron chi connectivity index (χ2n) is 3.49. The Balaban J connectivity index is 2.11. The molecular weight excluding hydrogens is 112 g/mol. The van der Waals surface area contributed by atoms with Crippen LogP contribution in [-0.2, 0) is 4.79 Å². The van der Waals surface area contributed by atoms with Crippen molar-refractivity contribution in [3.8, 4) is 0 Å². The number of rotatable bonds is 0. The molecule has 9 heavy (non-hydrogen) atoms. The molecule has 2 atom stereocenters. The van der Waals surface area contributed by atoms with Crippen molar-refractivity contribution in [2.75, 3.05) is 0 Å². The van der Waals surface area contributed by atoms with Crippen LogP contribution in [-0.4, -0.2) is 5.78 Å². The van der Waals surface area contributed by atoms with Gasteiger partial charge >= 0.3 is 0 Å². The van der Waals surface area contributed by atoms with Crippen LogP contribution in [0.1, 0.15) is 32.1 Å². The Hall–Kier alpha value is -0.330. The first kappa shape index (κ1) is 5.45. The number of ketones is 1. The van der Waals surface area contributed by atoms with Crippen molar-refractivity contribution >= 4 is 5.78 Å². The molecule has 0 N–H and O–H groups in total. The number of hydrogen-bond donors (Lipinski definition) is 0. The fourth-order valence-corrected chi connectivity index (χ4v) is 2.28. The maximum atomic E-state index is 10.9. The third-order valence-corrected chi connectivity index (χ3v) is 2.68. The summed E-state index contributed by atoms with van der Waals surface area (Å²) in [7, 11) is 0. The highest BCUT2D eigenvalue weighted by atomic mass is 16.1. The minimum absolute atomic E-state index is 0.522. The number of carbonyl (C=O) groups excluding carboxylic acids is 1. The second-order valence-corrected chi connectivity index (χ2v) is 3.49. The number of fused-ring (bicyclic) bond motifs is 2. The summed E-state index contributed by atoms with van der Waals surface area (Å²) in [5.41, 5.74) is 0. The molecule has 0 amide bonds. The van der Waals surface area contributed by atoms with E-state index < -0.39 is 0 Å². The quantitative estimate of drug-likeness (QED) is 0.481. The first-order valence-corrected chi connectivity index (χ1v) is 3.86. The van der Waals surface area contributed by atoms with E-state index in [1.807, 2.05) is 0 Å². The van der Waals surface area contributed by atoms with Crippen LogP contribution < -0.4 is 0 Å². The molecule has 0 spiro atoms. The van der Waals surface area contributed by atoms with Gasteiger partial charge in [-0.15, -0.1) is 0 Å². The fourth-order valence-electron chi connectivity index (χ4n) is 2.28. The molecule has 0 unspecified atom stereocenters. The number of hydrogen-bond acceptors (Lipinski definition) is 1. The summed E-state index contributed by atoms with van der Waals surface area (Å²) < 4.78 is 0. The van der Waals surface area contributed by atoms with Gasteiger partial charge in [-0.25, -0.2) is 0 Å². The monoisotopic (exact) mass is 124 g/mol. The number of carbonyl (C=O) groups is 1. The zero-order chi connectivity index (χ0) is 6.27. The van der Waals surface area contributed by atoms with E-state index in [1.54, 1.807) is 0 Å². The van der Waals surface area contributed by atoms with Gasteiger partial charge in [0.15, 0.2) is 0 Å². The average molecular weight is 124 g/mol. The molecule has 2 saturated carbocycles. The van der Waals surface area contributed by atoms with E-state index in [2.05, 4.69) is 0 Å². The highest BCUT2D eigenvalue weighted by Crippen LogP contribution is 2.39. The Kier molecular flexibility index (Phi) is 1.11. The van der Waals surface area contributed by atoms with Crippen molar-refractivity contribution in [1.82, 2.24) is 0 Å². The van der Waals surface area contributed by atoms with Gasteiger partial charge in [0, 0.05) is 12.8 Å². The Morgan fingerprint density at radius 3 is 2.22 bits per heavy atom. The zero-order valence-corrected chi connectivity index (χ0v) is 5.60. The molecule has 2 fully saturated rings. The standard InChI is InChI=1S/C8H12O/c9-8-4-6-1-2-7(3-6)5-8/h6-7H,1-5H2/t6-,7-/m1/s1. The van der Waals surface area contributed by atoms with Crippen LogP contribution in [0.15, 0.2) is 0 Å². The number of Topliss-reactive ketones (excluding diaryl/α,β-unsaturated/α-hetero) is 1. The van der Waals surface area contributed by atoms with E-state index in [4.69, 9.17) is 0 Å².